The summed E-state index contributed by atoms with van der Waals surface area (Å²) < 4.78 is 35.1. The fourth-order valence-electron chi connectivity index (χ4n) is 3.55. The van der Waals surface area contributed by atoms with E-state index in [1.54, 1.807) is 11.4 Å². The standard InChI is InChI=1S/C16H24N2O3S/c1-12-16-11-15(21-2)8-7-13(16)9-10-18(12)22(19,20)17-14-5-3-4-6-14/h7-8,11-12,14,17H,3-6,9-10H2,1-2H3. The summed E-state index contributed by atoms with van der Waals surface area (Å²) in [5, 5.41) is 0. The zero-order valence-corrected chi connectivity index (χ0v) is 14.0. The minimum atomic E-state index is -3.44. The van der Waals surface area contributed by atoms with E-state index in [0.29, 0.717) is 6.54 Å². The Balaban J connectivity index is 1.83. The van der Waals surface area contributed by atoms with Gasteiger partial charge in [0, 0.05) is 18.6 Å². The lowest BCUT2D eigenvalue weighted by Gasteiger charge is -2.35. The second-order valence-corrected chi connectivity index (χ2v) is 7.86. The molecular formula is C16H24N2O3S. The van der Waals surface area contributed by atoms with Crippen LogP contribution in [0.2, 0.25) is 0 Å². The van der Waals surface area contributed by atoms with Crippen molar-refractivity contribution in [2.24, 2.45) is 0 Å². The smallest absolute Gasteiger partial charge is 0.280 e. The maximum Gasteiger partial charge on any atom is 0.280 e. The van der Waals surface area contributed by atoms with Crippen LogP contribution in [0.15, 0.2) is 18.2 Å². The number of methoxy groups -OCH3 is 1. The van der Waals surface area contributed by atoms with Crippen molar-refractivity contribution in [3.63, 3.8) is 0 Å². The Kier molecular flexibility index (Phi) is 4.43. The van der Waals surface area contributed by atoms with Crippen LogP contribution in [0.5, 0.6) is 5.75 Å². The Morgan fingerprint density at radius 3 is 2.68 bits per heavy atom. The highest BCUT2D eigenvalue weighted by molar-refractivity contribution is 7.87. The van der Waals surface area contributed by atoms with E-state index in [4.69, 9.17) is 4.74 Å². The fraction of sp³-hybridized carbons (Fsp3) is 0.625. The maximum atomic E-state index is 12.7. The molecule has 6 heteroatoms. The van der Waals surface area contributed by atoms with E-state index in [2.05, 4.69) is 4.72 Å². The van der Waals surface area contributed by atoms with E-state index >= 15 is 0 Å². The van der Waals surface area contributed by atoms with Gasteiger partial charge in [-0.25, -0.2) is 0 Å². The van der Waals surface area contributed by atoms with Gasteiger partial charge < -0.3 is 4.74 Å². The summed E-state index contributed by atoms with van der Waals surface area (Å²) in [6.07, 6.45) is 4.87. The highest BCUT2D eigenvalue weighted by Crippen LogP contribution is 2.34. The predicted molar refractivity (Wildman–Crippen MR) is 86.1 cm³/mol. The third kappa shape index (κ3) is 3.00. The SMILES string of the molecule is COc1ccc2c(c1)C(C)N(S(=O)(=O)NC1CCCC1)CC2. The molecule has 1 aromatic carbocycles. The first-order valence-corrected chi connectivity index (χ1v) is 9.41. The normalized spacial score (nSPS) is 23.5. The van der Waals surface area contributed by atoms with Gasteiger partial charge in [0.15, 0.2) is 0 Å². The Hall–Kier alpha value is -1.11. The third-order valence-electron chi connectivity index (χ3n) is 4.82. The molecule has 1 saturated carbocycles. The molecule has 1 atom stereocenters. The second-order valence-electron chi connectivity index (χ2n) is 6.21. The molecule has 0 amide bonds. The summed E-state index contributed by atoms with van der Waals surface area (Å²) in [5.74, 6) is 0.772. The van der Waals surface area contributed by atoms with Crippen LogP contribution in [0.25, 0.3) is 0 Å². The summed E-state index contributed by atoms with van der Waals surface area (Å²) in [6.45, 7) is 2.48. The molecule has 0 saturated heterocycles. The van der Waals surface area contributed by atoms with Crippen molar-refractivity contribution in [3.05, 3.63) is 29.3 Å². The van der Waals surface area contributed by atoms with E-state index in [1.165, 1.54) is 5.56 Å². The van der Waals surface area contributed by atoms with E-state index in [0.717, 1.165) is 43.4 Å². The van der Waals surface area contributed by atoms with Crippen molar-refractivity contribution in [1.29, 1.82) is 0 Å². The van der Waals surface area contributed by atoms with Crippen LogP contribution in [-0.4, -0.2) is 32.4 Å². The van der Waals surface area contributed by atoms with Crippen LogP contribution in [0.4, 0.5) is 0 Å². The largest absolute Gasteiger partial charge is 0.497 e. The van der Waals surface area contributed by atoms with Crippen molar-refractivity contribution < 1.29 is 13.2 Å². The molecule has 0 bridgehead atoms. The zero-order valence-electron chi connectivity index (χ0n) is 13.2. The zero-order chi connectivity index (χ0) is 15.7. The lowest BCUT2D eigenvalue weighted by Crippen LogP contribution is -2.48. The van der Waals surface area contributed by atoms with Crippen molar-refractivity contribution in [2.75, 3.05) is 13.7 Å². The molecule has 2 aliphatic rings. The maximum absolute atomic E-state index is 12.7. The van der Waals surface area contributed by atoms with Gasteiger partial charge in [-0.15, -0.1) is 0 Å². The number of fused-ring (bicyclic) bond motifs is 1. The quantitative estimate of drug-likeness (QED) is 0.925. The van der Waals surface area contributed by atoms with Gasteiger partial charge in [-0.1, -0.05) is 18.9 Å². The molecular weight excluding hydrogens is 300 g/mol. The Labute approximate surface area is 132 Å². The van der Waals surface area contributed by atoms with Gasteiger partial charge >= 0.3 is 0 Å². The minimum Gasteiger partial charge on any atom is -0.497 e. The van der Waals surface area contributed by atoms with Crippen LogP contribution in [-0.2, 0) is 16.6 Å². The first-order chi connectivity index (χ1) is 10.5. The van der Waals surface area contributed by atoms with Crippen LogP contribution >= 0.6 is 0 Å². The lowest BCUT2D eigenvalue weighted by molar-refractivity contribution is 0.316. The number of rotatable bonds is 4. The first-order valence-electron chi connectivity index (χ1n) is 7.97. The van der Waals surface area contributed by atoms with Crippen molar-refractivity contribution >= 4 is 10.2 Å². The molecule has 1 aliphatic carbocycles. The minimum absolute atomic E-state index is 0.101. The molecule has 122 valence electrons. The van der Waals surface area contributed by atoms with Crippen molar-refractivity contribution in [3.8, 4) is 5.75 Å². The van der Waals surface area contributed by atoms with Gasteiger partial charge in [-0.05, 0) is 49.4 Å². The molecule has 5 nitrogen and oxygen atoms in total. The van der Waals surface area contributed by atoms with Crippen LogP contribution < -0.4 is 9.46 Å². The number of nitrogens with one attached hydrogen (secondary N) is 1. The van der Waals surface area contributed by atoms with Gasteiger partial charge in [-0.3, -0.25) is 0 Å². The molecule has 1 N–H and O–H groups in total. The summed E-state index contributed by atoms with van der Waals surface area (Å²) in [7, 11) is -1.81. The number of ether oxygens (including phenoxy) is 1. The number of hydrogen-bond acceptors (Lipinski definition) is 3. The average molecular weight is 324 g/mol. The van der Waals surface area contributed by atoms with Crippen LogP contribution in [0.3, 0.4) is 0 Å². The van der Waals surface area contributed by atoms with Gasteiger partial charge in [-0.2, -0.15) is 17.4 Å². The van der Waals surface area contributed by atoms with Crippen LogP contribution in [0.1, 0.15) is 49.8 Å². The van der Waals surface area contributed by atoms with Crippen molar-refractivity contribution in [1.82, 2.24) is 9.03 Å². The molecule has 1 aliphatic heterocycles. The second kappa shape index (κ2) is 6.18. The summed E-state index contributed by atoms with van der Waals surface area (Å²) in [4.78, 5) is 0. The molecule has 0 aromatic heterocycles. The first kappa shape index (κ1) is 15.8. The molecule has 1 fully saturated rings. The van der Waals surface area contributed by atoms with E-state index < -0.39 is 10.2 Å². The fourth-order valence-corrected chi connectivity index (χ4v) is 5.20. The topological polar surface area (TPSA) is 58.6 Å². The van der Waals surface area contributed by atoms with Crippen LogP contribution in [0, 0.1) is 0 Å². The highest BCUT2D eigenvalue weighted by Gasteiger charge is 2.34. The molecule has 1 unspecified atom stereocenters. The van der Waals surface area contributed by atoms with Gasteiger partial charge in [0.2, 0.25) is 0 Å². The Morgan fingerprint density at radius 2 is 2.00 bits per heavy atom. The number of hydrogen-bond donors (Lipinski definition) is 1. The molecule has 1 aromatic rings. The van der Waals surface area contributed by atoms with Gasteiger partial charge in [0.05, 0.1) is 7.11 Å². The summed E-state index contributed by atoms with van der Waals surface area (Å²) in [5.41, 5.74) is 2.25. The monoisotopic (exact) mass is 324 g/mol. The molecule has 0 spiro atoms. The molecule has 22 heavy (non-hydrogen) atoms. The third-order valence-corrected chi connectivity index (χ3v) is 6.56. The summed E-state index contributed by atoms with van der Waals surface area (Å²) in [6, 6.07) is 5.87. The number of benzene rings is 1. The average Bonchev–Trinajstić information content (AvgIpc) is 2.99. The van der Waals surface area contributed by atoms with E-state index in [9.17, 15) is 8.42 Å². The van der Waals surface area contributed by atoms with Gasteiger partial charge in [0.25, 0.3) is 10.2 Å². The summed E-state index contributed by atoms with van der Waals surface area (Å²) >= 11 is 0. The number of nitrogens with zero attached hydrogens (tertiary/aromatic N) is 1. The highest BCUT2D eigenvalue weighted by atomic mass is 32.2. The van der Waals surface area contributed by atoms with Gasteiger partial charge in [0.1, 0.15) is 5.75 Å². The lowest BCUT2D eigenvalue weighted by atomic mass is 9.95. The Bertz CT molecular complexity index is 639. The molecule has 1 heterocycles. The Morgan fingerprint density at radius 1 is 1.27 bits per heavy atom. The molecule has 0 radical (unpaired) electrons. The van der Waals surface area contributed by atoms with E-state index in [-0.39, 0.29) is 12.1 Å². The van der Waals surface area contributed by atoms with E-state index in [1.807, 2.05) is 25.1 Å². The molecule has 3 rings (SSSR count). The predicted octanol–water partition coefficient (Wildman–Crippen LogP) is 2.39. The van der Waals surface area contributed by atoms with Crippen molar-refractivity contribution in [2.45, 2.75) is 51.1 Å².